The van der Waals surface area contributed by atoms with Gasteiger partial charge in [-0.15, -0.1) is 4.72 Å². The quantitative estimate of drug-likeness (QED) is 0.833. The molecular weight excluding hydrogens is 244 g/mol. The van der Waals surface area contributed by atoms with Crippen LogP contribution in [0.4, 0.5) is 0 Å². The summed E-state index contributed by atoms with van der Waals surface area (Å²) in [4.78, 5) is 0. The monoisotopic (exact) mass is 262 g/mol. The van der Waals surface area contributed by atoms with Crippen molar-refractivity contribution in [3.63, 3.8) is 0 Å². The van der Waals surface area contributed by atoms with E-state index in [1.165, 1.54) is 11.1 Å². The number of hydrogen-bond donors (Lipinski definition) is 1. The SMILES string of the molecule is CC(C)(C)[S+]([O-])N[C@H]1CCc2cc(C#N)ccc21. The molecule has 1 aromatic carbocycles. The van der Waals surface area contributed by atoms with Crippen molar-refractivity contribution in [3.8, 4) is 6.07 Å². The van der Waals surface area contributed by atoms with Crippen LogP contribution in [0.2, 0.25) is 0 Å². The third kappa shape index (κ3) is 2.69. The highest BCUT2D eigenvalue weighted by Gasteiger charge is 2.32. The molecule has 2 atom stereocenters. The van der Waals surface area contributed by atoms with Crippen molar-refractivity contribution >= 4 is 11.4 Å². The second kappa shape index (κ2) is 4.93. The Bertz CT molecular complexity index is 488. The molecule has 0 spiro atoms. The first-order valence-electron chi connectivity index (χ1n) is 6.13. The molecule has 0 bridgehead atoms. The Balaban J connectivity index is 2.15. The van der Waals surface area contributed by atoms with Crippen molar-refractivity contribution in [1.29, 1.82) is 5.26 Å². The zero-order chi connectivity index (χ0) is 13.3. The molecule has 1 aliphatic rings. The molecule has 2 rings (SSSR count). The second-order valence-corrected chi connectivity index (χ2v) is 7.61. The average Bonchev–Trinajstić information content (AvgIpc) is 2.70. The molecule has 0 saturated heterocycles. The van der Waals surface area contributed by atoms with Crippen LogP contribution in [0.1, 0.15) is 49.9 Å². The predicted octanol–water partition coefficient (Wildman–Crippen LogP) is 2.60. The number of benzene rings is 1. The number of nitriles is 1. The third-order valence-corrected chi connectivity index (χ3v) is 4.77. The van der Waals surface area contributed by atoms with Crippen molar-refractivity contribution < 1.29 is 4.55 Å². The number of aryl methyl sites for hydroxylation is 1. The first kappa shape index (κ1) is 13.4. The summed E-state index contributed by atoms with van der Waals surface area (Å²) in [6.07, 6.45) is 1.90. The van der Waals surface area contributed by atoms with Gasteiger partial charge in [-0.3, -0.25) is 0 Å². The summed E-state index contributed by atoms with van der Waals surface area (Å²) in [6, 6.07) is 8.06. The molecule has 0 amide bonds. The first-order chi connectivity index (χ1) is 8.41. The van der Waals surface area contributed by atoms with E-state index in [0.29, 0.717) is 5.56 Å². The summed E-state index contributed by atoms with van der Waals surface area (Å²) in [5.41, 5.74) is 3.09. The molecule has 96 valence electrons. The topological polar surface area (TPSA) is 58.9 Å². The van der Waals surface area contributed by atoms with Crippen LogP contribution >= 0.6 is 0 Å². The predicted molar refractivity (Wildman–Crippen MR) is 73.3 cm³/mol. The van der Waals surface area contributed by atoms with Gasteiger partial charge in [0.05, 0.1) is 17.7 Å². The molecule has 1 aromatic rings. The Hall–Kier alpha value is -1.02. The largest absolute Gasteiger partial charge is 0.598 e. The third-order valence-electron chi connectivity index (χ3n) is 3.16. The Labute approximate surface area is 112 Å². The fraction of sp³-hybridized carbons (Fsp3) is 0.500. The lowest BCUT2D eigenvalue weighted by atomic mass is 10.1. The van der Waals surface area contributed by atoms with Crippen LogP contribution < -0.4 is 4.72 Å². The lowest BCUT2D eigenvalue weighted by Crippen LogP contribution is -2.40. The molecule has 4 heteroatoms. The lowest BCUT2D eigenvalue weighted by Gasteiger charge is -2.26. The Kier molecular flexibility index (Phi) is 3.67. The maximum absolute atomic E-state index is 12.1. The number of rotatable bonds is 2. The highest BCUT2D eigenvalue weighted by atomic mass is 32.2. The van der Waals surface area contributed by atoms with E-state index in [0.717, 1.165) is 12.8 Å². The maximum Gasteiger partial charge on any atom is 0.136 e. The molecule has 1 unspecified atom stereocenters. The number of hydrogen-bond acceptors (Lipinski definition) is 3. The van der Waals surface area contributed by atoms with E-state index in [-0.39, 0.29) is 10.8 Å². The Morgan fingerprint density at radius 3 is 2.78 bits per heavy atom. The van der Waals surface area contributed by atoms with Gasteiger partial charge in [0.25, 0.3) is 0 Å². The van der Waals surface area contributed by atoms with Gasteiger partial charge in [0.2, 0.25) is 0 Å². The van der Waals surface area contributed by atoms with Crippen molar-refractivity contribution in [2.75, 3.05) is 0 Å². The van der Waals surface area contributed by atoms with Gasteiger partial charge in [0.1, 0.15) is 4.75 Å². The van der Waals surface area contributed by atoms with Gasteiger partial charge in [0, 0.05) is 11.4 Å². The fourth-order valence-electron chi connectivity index (χ4n) is 2.12. The highest BCUT2D eigenvalue weighted by Crippen LogP contribution is 2.33. The van der Waals surface area contributed by atoms with Crippen LogP contribution in [-0.4, -0.2) is 9.30 Å². The van der Waals surface area contributed by atoms with E-state index in [1.807, 2.05) is 39.0 Å². The smallest absolute Gasteiger partial charge is 0.136 e. The minimum Gasteiger partial charge on any atom is -0.598 e. The molecule has 0 aromatic heterocycles. The van der Waals surface area contributed by atoms with E-state index >= 15 is 0 Å². The average molecular weight is 262 g/mol. The fourth-order valence-corrected chi connectivity index (χ4v) is 2.97. The molecule has 3 nitrogen and oxygen atoms in total. The highest BCUT2D eigenvalue weighted by molar-refractivity contribution is 7.90. The molecule has 0 fully saturated rings. The van der Waals surface area contributed by atoms with Crippen molar-refractivity contribution in [2.24, 2.45) is 0 Å². The zero-order valence-corrected chi connectivity index (χ0v) is 11.8. The van der Waals surface area contributed by atoms with Crippen LogP contribution in [0.15, 0.2) is 18.2 Å². The van der Waals surface area contributed by atoms with Gasteiger partial charge in [-0.1, -0.05) is 6.07 Å². The van der Waals surface area contributed by atoms with E-state index in [4.69, 9.17) is 5.26 Å². The lowest BCUT2D eigenvalue weighted by molar-refractivity contribution is 0.522. The molecular formula is C14H18N2OS. The van der Waals surface area contributed by atoms with Crippen LogP contribution in [-0.2, 0) is 17.8 Å². The first-order valence-corrected chi connectivity index (χ1v) is 7.28. The Morgan fingerprint density at radius 1 is 1.44 bits per heavy atom. The van der Waals surface area contributed by atoms with Crippen molar-refractivity contribution in [1.82, 2.24) is 4.72 Å². The van der Waals surface area contributed by atoms with Gasteiger partial charge in [-0.05, 0) is 56.9 Å². The second-order valence-electron chi connectivity index (χ2n) is 5.62. The molecule has 18 heavy (non-hydrogen) atoms. The molecule has 0 saturated carbocycles. The number of nitrogens with one attached hydrogen (secondary N) is 1. The standard InChI is InChI=1S/C14H18N2OS/c1-14(2,3)18(17)16-13-7-5-11-8-10(9-15)4-6-12(11)13/h4,6,8,13,16H,5,7H2,1-3H3/t13-,18?/m0/s1. The van der Waals surface area contributed by atoms with Crippen LogP contribution in [0, 0.1) is 11.3 Å². The summed E-state index contributed by atoms with van der Waals surface area (Å²) < 4.78 is 15.0. The normalized spacial score (nSPS) is 20.3. The summed E-state index contributed by atoms with van der Waals surface area (Å²) in [6.45, 7) is 5.89. The molecule has 1 N–H and O–H groups in total. The van der Waals surface area contributed by atoms with Crippen molar-refractivity contribution in [3.05, 3.63) is 34.9 Å². The molecule has 0 heterocycles. The minimum atomic E-state index is -1.06. The number of nitrogens with zero attached hydrogens (tertiary/aromatic N) is 1. The van der Waals surface area contributed by atoms with Gasteiger partial charge in [-0.25, -0.2) is 0 Å². The van der Waals surface area contributed by atoms with Crippen LogP contribution in [0.5, 0.6) is 0 Å². The summed E-state index contributed by atoms with van der Waals surface area (Å²) in [7, 11) is 0. The Morgan fingerprint density at radius 2 is 2.17 bits per heavy atom. The zero-order valence-electron chi connectivity index (χ0n) is 11.0. The summed E-state index contributed by atoms with van der Waals surface area (Å²) in [5.74, 6) is 0. The number of fused-ring (bicyclic) bond motifs is 1. The van der Waals surface area contributed by atoms with Gasteiger partial charge >= 0.3 is 0 Å². The van der Waals surface area contributed by atoms with Gasteiger partial charge in [0.15, 0.2) is 0 Å². The van der Waals surface area contributed by atoms with E-state index in [2.05, 4.69) is 10.8 Å². The maximum atomic E-state index is 12.1. The van der Waals surface area contributed by atoms with Crippen molar-refractivity contribution in [2.45, 2.75) is 44.4 Å². The van der Waals surface area contributed by atoms with Crippen LogP contribution in [0.25, 0.3) is 0 Å². The molecule has 1 aliphatic carbocycles. The molecule has 0 aliphatic heterocycles. The summed E-state index contributed by atoms with van der Waals surface area (Å²) >= 11 is -1.06. The minimum absolute atomic E-state index is 0.146. The summed E-state index contributed by atoms with van der Waals surface area (Å²) in [5, 5.41) is 8.87. The van der Waals surface area contributed by atoms with Gasteiger partial charge < -0.3 is 4.55 Å². The molecule has 0 radical (unpaired) electrons. The van der Waals surface area contributed by atoms with Crippen LogP contribution in [0.3, 0.4) is 0 Å². The van der Waals surface area contributed by atoms with E-state index < -0.39 is 11.4 Å². The van der Waals surface area contributed by atoms with E-state index in [9.17, 15) is 4.55 Å². The van der Waals surface area contributed by atoms with Gasteiger partial charge in [-0.2, -0.15) is 5.26 Å². The van der Waals surface area contributed by atoms with E-state index in [1.54, 1.807) is 0 Å².